The molecule has 3 aromatic rings. The van der Waals surface area contributed by atoms with Gasteiger partial charge in [0.2, 0.25) is 0 Å². The molecule has 1 saturated heterocycles. The number of carbonyl (C=O) groups is 1. The molecule has 0 aliphatic carbocycles. The number of likely N-dealkylation sites (tertiary alicyclic amines) is 1. The van der Waals surface area contributed by atoms with Gasteiger partial charge >= 0.3 is 0 Å². The van der Waals surface area contributed by atoms with E-state index in [9.17, 15) is 4.79 Å². The lowest BCUT2D eigenvalue weighted by atomic mass is 10.1. The Morgan fingerprint density at radius 3 is 3.00 bits per heavy atom. The summed E-state index contributed by atoms with van der Waals surface area (Å²) in [4.78, 5) is 23.5. The molecule has 4 heterocycles. The van der Waals surface area contributed by atoms with Crippen molar-refractivity contribution in [3.8, 4) is 0 Å². The largest absolute Gasteiger partial charge is 0.338 e. The number of pyridine rings is 1. The molecule has 0 aromatic carbocycles. The van der Waals surface area contributed by atoms with Gasteiger partial charge in [0.1, 0.15) is 5.52 Å². The summed E-state index contributed by atoms with van der Waals surface area (Å²) in [6.07, 6.45) is 6.14. The molecule has 0 saturated carbocycles. The Morgan fingerprint density at radius 1 is 1.38 bits per heavy atom. The smallest absolute Gasteiger partial charge is 0.255 e. The Balaban J connectivity index is 1.55. The van der Waals surface area contributed by atoms with Crippen molar-refractivity contribution in [2.24, 2.45) is 0 Å². The van der Waals surface area contributed by atoms with Gasteiger partial charge < -0.3 is 9.47 Å². The van der Waals surface area contributed by atoms with Crippen LogP contribution in [0.1, 0.15) is 48.3 Å². The van der Waals surface area contributed by atoms with Crippen LogP contribution in [-0.2, 0) is 0 Å². The van der Waals surface area contributed by atoms with E-state index in [1.54, 1.807) is 18.7 Å². The maximum absolute atomic E-state index is 12.8. The number of carbonyl (C=O) groups excluding carboxylic acids is 1. The first-order chi connectivity index (χ1) is 11.6. The Bertz CT molecular complexity index is 866. The first-order valence-electron chi connectivity index (χ1n) is 8.24. The maximum Gasteiger partial charge on any atom is 0.255 e. The maximum atomic E-state index is 12.8. The molecule has 0 radical (unpaired) electrons. The fourth-order valence-corrected chi connectivity index (χ4v) is 3.29. The molecule has 1 unspecified atom stereocenters. The number of nitrogens with one attached hydrogen (secondary N) is 1. The SMILES string of the molecule is CC(C)n1cnc2cc(C(=O)N3CCC(c4ccn[nH]4)C3)cnc21. The standard InChI is InChI=1S/C17H20N6O/c1-11(2)23-10-19-15-7-13(8-18-16(15)23)17(24)22-6-4-12(9-22)14-3-5-20-21-14/h3,5,7-8,10-12H,4,6,9H2,1-2H3,(H,20,21). The zero-order chi connectivity index (χ0) is 16.7. The number of aromatic amines is 1. The molecule has 1 amide bonds. The van der Waals surface area contributed by atoms with Crippen LogP contribution in [0.25, 0.3) is 11.2 Å². The third kappa shape index (κ3) is 2.46. The summed E-state index contributed by atoms with van der Waals surface area (Å²) in [5.41, 5.74) is 3.27. The van der Waals surface area contributed by atoms with Crippen LogP contribution < -0.4 is 0 Å². The van der Waals surface area contributed by atoms with Crippen LogP contribution in [0.15, 0.2) is 30.9 Å². The number of nitrogens with zero attached hydrogens (tertiary/aromatic N) is 5. The van der Waals surface area contributed by atoms with Crippen molar-refractivity contribution in [2.45, 2.75) is 32.2 Å². The topological polar surface area (TPSA) is 79.7 Å². The zero-order valence-corrected chi connectivity index (χ0v) is 13.8. The molecule has 24 heavy (non-hydrogen) atoms. The van der Waals surface area contributed by atoms with E-state index in [1.165, 1.54) is 0 Å². The van der Waals surface area contributed by atoms with Gasteiger partial charge in [0.05, 0.1) is 11.9 Å². The third-order valence-corrected chi connectivity index (χ3v) is 4.65. The number of aromatic nitrogens is 5. The highest BCUT2D eigenvalue weighted by molar-refractivity contribution is 5.96. The fraction of sp³-hybridized carbons (Fsp3) is 0.412. The third-order valence-electron chi connectivity index (χ3n) is 4.65. The lowest BCUT2D eigenvalue weighted by molar-refractivity contribution is 0.0790. The molecule has 1 aliphatic heterocycles. The summed E-state index contributed by atoms with van der Waals surface area (Å²) in [6, 6.07) is 4.11. The lowest BCUT2D eigenvalue weighted by Crippen LogP contribution is -2.28. The van der Waals surface area contributed by atoms with Crippen molar-refractivity contribution in [1.82, 2.24) is 29.6 Å². The average Bonchev–Trinajstić information content (AvgIpc) is 3.31. The van der Waals surface area contributed by atoms with Crippen LogP contribution in [-0.4, -0.2) is 48.6 Å². The Hall–Kier alpha value is -2.70. The first kappa shape index (κ1) is 14.9. The predicted molar refractivity (Wildman–Crippen MR) is 89.8 cm³/mol. The van der Waals surface area contributed by atoms with Crippen LogP contribution >= 0.6 is 0 Å². The van der Waals surface area contributed by atoms with Crippen molar-refractivity contribution in [3.63, 3.8) is 0 Å². The molecular weight excluding hydrogens is 304 g/mol. The van der Waals surface area contributed by atoms with Gasteiger partial charge in [0, 0.05) is 43.1 Å². The lowest BCUT2D eigenvalue weighted by Gasteiger charge is -2.16. The summed E-state index contributed by atoms with van der Waals surface area (Å²) in [5.74, 6) is 0.346. The Morgan fingerprint density at radius 2 is 2.25 bits per heavy atom. The Labute approximate surface area is 139 Å². The van der Waals surface area contributed by atoms with Gasteiger partial charge in [-0.15, -0.1) is 0 Å². The molecule has 1 fully saturated rings. The molecule has 0 spiro atoms. The molecule has 1 N–H and O–H groups in total. The van der Waals surface area contributed by atoms with E-state index in [2.05, 4.69) is 34.0 Å². The fourth-order valence-electron chi connectivity index (χ4n) is 3.29. The molecule has 1 atom stereocenters. The summed E-state index contributed by atoms with van der Waals surface area (Å²) >= 11 is 0. The number of imidazole rings is 1. The molecule has 7 heteroatoms. The number of hydrogen-bond acceptors (Lipinski definition) is 4. The van der Waals surface area contributed by atoms with Crippen molar-refractivity contribution in [3.05, 3.63) is 42.1 Å². The van der Waals surface area contributed by atoms with Gasteiger partial charge in [-0.3, -0.25) is 9.89 Å². The summed E-state index contributed by atoms with van der Waals surface area (Å²) in [6.45, 7) is 5.63. The van der Waals surface area contributed by atoms with E-state index in [1.807, 2.05) is 21.6 Å². The highest BCUT2D eigenvalue weighted by atomic mass is 16.2. The van der Waals surface area contributed by atoms with Gasteiger partial charge in [-0.25, -0.2) is 9.97 Å². The second-order valence-electron chi connectivity index (χ2n) is 6.56. The molecule has 1 aliphatic rings. The number of hydrogen-bond donors (Lipinski definition) is 1. The number of rotatable bonds is 3. The van der Waals surface area contributed by atoms with E-state index in [0.717, 1.165) is 29.8 Å². The van der Waals surface area contributed by atoms with Crippen molar-refractivity contribution in [2.75, 3.05) is 13.1 Å². The predicted octanol–water partition coefficient (Wildman–Crippen LogP) is 2.37. The van der Waals surface area contributed by atoms with E-state index >= 15 is 0 Å². The number of fused-ring (bicyclic) bond motifs is 1. The van der Waals surface area contributed by atoms with E-state index in [4.69, 9.17) is 0 Å². The minimum Gasteiger partial charge on any atom is -0.338 e. The van der Waals surface area contributed by atoms with Crippen LogP contribution in [0.2, 0.25) is 0 Å². The molecular formula is C17H20N6O. The van der Waals surface area contributed by atoms with Gasteiger partial charge in [-0.2, -0.15) is 5.10 Å². The summed E-state index contributed by atoms with van der Waals surface area (Å²) in [5, 5.41) is 7.00. The van der Waals surface area contributed by atoms with Crippen LogP contribution in [0.4, 0.5) is 0 Å². The van der Waals surface area contributed by atoms with Gasteiger partial charge in [0.25, 0.3) is 5.91 Å². The molecule has 7 nitrogen and oxygen atoms in total. The van der Waals surface area contributed by atoms with Crippen LogP contribution in [0, 0.1) is 0 Å². The second-order valence-corrected chi connectivity index (χ2v) is 6.56. The molecule has 124 valence electrons. The van der Waals surface area contributed by atoms with Crippen molar-refractivity contribution < 1.29 is 4.79 Å². The quantitative estimate of drug-likeness (QED) is 0.802. The minimum atomic E-state index is 0.0190. The van der Waals surface area contributed by atoms with Crippen molar-refractivity contribution in [1.29, 1.82) is 0 Å². The normalized spacial score (nSPS) is 18.0. The van der Waals surface area contributed by atoms with Gasteiger partial charge in [0.15, 0.2) is 5.65 Å². The van der Waals surface area contributed by atoms with Crippen molar-refractivity contribution >= 4 is 17.1 Å². The van der Waals surface area contributed by atoms with E-state index in [0.29, 0.717) is 18.0 Å². The Kier molecular flexibility index (Phi) is 3.55. The summed E-state index contributed by atoms with van der Waals surface area (Å²) in [7, 11) is 0. The molecule has 3 aromatic heterocycles. The first-order valence-corrected chi connectivity index (χ1v) is 8.24. The minimum absolute atomic E-state index is 0.0190. The number of H-pyrrole nitrogens is 1. The van der Waals surface area contributed by atoms with Gasteiger partial charge in [-0.05, 0) is 32.4 Å². The van der Waals surface area contributed by atoms with Crippen LogP contribution in [0.3, 0.4) is 0 Å². The van der Waals surface area contributed by atoms with Crippen LogP contribution in [0.5, 0.6) is 0 Å². The highest BCUT2D eigenvalue weighted by Gasteiger charge is 2.29. The molecule has 4 rings (SSSR count). The van der Waals surface area contributed by atoms with E-state index in [-0.39, 0.29) is 11.9 Å². The summed E-state index contributed by atoms with van der Waals surface area (Å²) < 4.78 is 2.01. The van der Waals surface area contributed by atoms with Gasteiger partial charge in [-0.1, -0.05) is 0 Å². The zero-order valence-electron chi connectivity index (χ0n) is 13.8. The highest BCUT2D eigenvalue weighted by Crippen LogP contribution is 2.27. The monoisotopic (exact) mass is 324 g/mol. The number of amides is 1. The average molecular weight is 324 g/mol. The second kappa shape index (κ2) is 5.74. The van der Waals surface area contributed by atoms with E-state index < -0.39 is 0 Å². The molecule has 0 bridgehead atoms.